The van der Waals surface area contributed by atoms with E-state index in [-0.39, 0.29) is 4.90 Å². The van der Waals surface area contributed by atoms with Gasteiger partial charge in [0, 0.05) is 17.9 Å². The maximum absolute atomic E-state index is 12.6. The topological polar surface area (TPSA) is 89.8 Å². The van der Waals surface area contributed by atoms with Gasteiger partial charge in [0.25, 0.3) is 10.0 Å². The number of sulfonamides is 1. The molecular formula is C22H23N5O2S2. The van der Waals surface area contributed by atoms with Crippen LogP contribution in [0.25, 0.3) is 11.0 Å². The van der Waals surface area contributed by atoms with Gasteiger partial charge in [-0.15, -0.1) is 0 Å². The fourth-order valence-corrected chi connectivity index (χ4v) is 5.37. The summed E-state index contributed by atoms with van der Waals surface area (Å²) >= 11 is 1.54. The van der Waals surface area contributed by atoms with Crippen molar-refractivity contribution in [1.29, 1.82) is 0 Å². The molecule has 160 valence electrons. The minimum Gasteiger partial charge on any atom is -0.328 e. The third-order valence-electron chi connectivity index (χ3n) is 4.74. The first-order valence-corrected chi connectivity index (χ1v) is 12.3. The molecule has 7 nitrogen and oxygen atoms in total. The highest BCUT2D eigenvalue weighted by Gasteiger charge is 2.16. The van der Waals surface area contributed by atoms with E-state index in [2.05, 4.69) is 26.2 Å². The largest absolute Gasteiger partial charge is 0.328 e. The number of nitrogens with zero attached hydrogens (tertiary/aromatic N) is 4. The Labute approximate surface area is 186 Å². The number of aryl methyl sites for hydroxylation is 3. The number of hydrogen-bond acceptors (Lipinski definition) is 6. The molecule has 4 rings (SSSR count). The molecule has 2 aromatic heterocycles. The summed E-state index contributed by atoms with van der Waals surface area (Å²) in [4.78, 5) is 13.9. The Morgan fingerprint density at radius 2 is 1.68 bits per heavy atom. The summed E-state index contributed by atoms with van der Waals surface area (Å²) < 4.78 is 30.0. The fourth-order valence-electron chi connectivity index (χ4n) is 3.41. The van der Waals surface area contributed by atoms with Crippen LogP contribution >= 0.6 is 11.8 Å². The van der Waals surface area contributed by atoms with Crippen LogP contribution < -0.4 is 4.72 Å². The molecule has 0 aliphatic rings. The zero-order chi connectivity index (χ0) is 22.0. The van der Waals surface area contributed by atoms with Gasteiger partial charge in [0.1, 0.15) is 5.82 Å². The molecule has 0 bridgehead atoms. The minimum absolute atomic E-state index is 0.222. The second-order valence-corrected chi connectivity index (χ2v) is 9.74. The minimum atomic E-state index is -3.65. The van der Waals surface area contributed by atoms with Crippen LogP contribution in [0.5, 0.6) is 0 Å². The first-order valence-electron chi connectivity index (χ1n) is 9.88. The zero-order valence-corrected chi connectivity index (χ0v) is 19.2. The van der Waals surface area contributed by atoms with Crippen LogP contribution in [0.4, 0.5) is 5.69 Å². The molecule has 2 heterocycles. The first kappa shape index (κ1) is 21.3. The van der Waals surface area contributed by atoms with Crippen molar-refractivity contribution in [1.82, 2.24) is 19.5 Å². The number of rotatable bonds is 7. The lowest BCUT2D eigenvalue weighted by Crippen LogP contribution is -2.12. The van der Waals surface area contributed by atoms with E-state index in [1.54, 1.807) is 54.2 Å². The molecule has 0 atom stereocenters. The van der Waals surface area contributed by atoms with Gasteiger partial charge < -0.3 is 4.57 Å². The van der Waals surface area contributed by atoms with Crippen molar-refractivity contribution in [2.24, 2.45) is 0 Å². The molecule has 0 spiro atoms. The maximum atomic E-state index is 12.6. The van der Waals surface area contributed by atoms with Crippen LogP contribution in [-0.4, -0.2) is 27.9 Å². The first-order chi connectivity index (χ1) is 14.9. The second-order valence-electron chi connectivity index (χ2n) is 7.12. The third-order valence-corrected chi connectivity index (χ3v) is 6.98. The van der Waals surface area contributed by atoms with Crippen molar-refractivity contribution in [3.63, 3.8) is 0 Å². The van der Waals surface area contributed by atoms with E-state index in [1.807, 2.05) is 26.0 Å². The summed E-state index contributed by atoms with van der Waals surface area (Å²) in [5.74, 6) is 1.52. The van der Waals surface area contributed by atoms with Crippen molar-refractivity contribution in [3.05, 3.63) is 71.8 Å². The van der Waals surface area contributed by atoms with Crippen molar-refractivity contribution < 1.29 is 8.42 Å². The average Bonchev–Trinajstić information content (AvgIpc) is 3.08. The lowest BCUT2D eigenvalue weighted by Gasteiger charge is -2.08. The van der Waals surface area contributed by atoms with Crippen LogP contribution in [0.2, 0.25) is 0 Å². The molecule has 0 aliphatic heterocycles. The summed E-state index contributed by atoms with van der Waals surface area (Å²) in [5.41, 5.74) is 4.06. The van der Waals surface area contributed by atoms with Gasteiger partial charge in [0.15, 0.2) is 5.16 Å². The van der Waals surface area contributed by atoms with Gasteiger partial charge >= 0.3 is 0 Å². The van der Waals surface area contributed by atoms with Gasteiger partial charge in [-0.05, 0) is 57.2 Å². The fraction of sp³-hybridized carbons (Fsp3) is 0.227. The van der Waals surface area contributed by atoms with E-state index in [9.17, 15) is 8.42 Å². The quantitative estimate of drug-likeness (QED) is 0.326. The lowest BCUT2D eigenvalue weighted by molar-refractivity contribution is 0.601. The summed E-state index contributed by atoms with van der Waals surface area (Å²) in [6, 6.07) is 15.7. The van der Waals surface area contributed by atoms with Crippen molar-refractivity contribution in [2.75, 3.05) is 4.72 Å². The predicted molar refractivity (Wildman–Crippen MR) is 124 cm³/mol. The van der Waals surface area contributed by atoms with E-state index >= 15 is 0 Å². The summed E-state index contributed by atoms with van der Waals surface area (Å²) in [5, 5.41) is 0.725. The molecule has 0 fully saturated rings. The molecule has 4 aromatic rings. The molecule has 31 heavy (non-hydrogen) atoms. The Hall–Kier alpha value is -2.91. The Bertz CT molecular complexity index is 1310. The zero-order valence-electron chi connectivity index (χ0n) is 17.5. The molecule has 2 aromatic carbocycles. The molecule has 0 radical (unpaired) electrons. The number of imidazole rings is 1. The highest BCUT2D eigenvalue weighted by Crippen LogP contribution is 2.26. The molecule has 0 unspecified atom stereocenters. The highest BCUT2D eigenvalue weighted by molar-refractivity contribution is 7.98. The predicted octanol–water partition coefficient (Wildman–Crippen LogP) is 4.56. The molecule has 0 saturated heterocycles. The molecule has 0 saturated carbocycles. The second kappa shape index (κ2) is 8.68. The lowest BCUT2D eigenvalue weighted by atomic mass is 10.3. The maximum Gasteiger partial charge on any atom is 0.261 e. The van der Waals surface area contributed by atoms with Gasteiger partial charge in [0.2, 0.25) is 0 Å². The Kier molecular flexibility index (Phi) is 5.97. The summed E-state index contributed by atoms with van der Waals surface area (Å²) in [6.45, 7) is 6.74. The van der Waals surface area contributed by atoms with E-state index in [0.717, 1.165) is 39.9 Å². The van der Waals surface area contributed by atoms with Gasteiger partial charge in [-0.3, -0.25) is 4.72 Å². The van der Waals surface area contributed by atoms with Crippen molar-refractivity contribution in [2.45, 2.75) is 43.1 Å². The van der Waals surface area contributed by atoms with Crippen LogP contribution in [-0.2, 0) is 22.3 Å². The molecule has 9 heteroatoms. The molecule has 0 aliphatic carbocycles. The van der Waals surface area contributed by atoms with Crippen molar-refractivity contribution in [3.8, 4) is 0 Å². The van der Waals surface area contributed by atoms with Crippen LogP contribution in [0.1, 0.15) is 24.1 Å². The SMILES string of the molecule is CCn1c(CSc2nc(C)cc(C)n2)nc2cc(NS(=O)(=O)c3ccccc3)ccc21. The van der Waals surface area contributed by atoms with E-state index in [4.69, 9.17) is 4.98 Å². The number of fused-ring (bicyclic) bond motifs is 1. The third kappa shape index (κ3) is 4.72. The Balaban J connectivity index is 1.60. The number of anilines is 1. The normalized spacial score (nSPS) is 11.7. The molecular weight excluding hydrogens is 430 g/mol. The monoisotopic (exact) mass is 453 g/mol. The number of nitrogens with one attached hydrogen (secondary N) is 1. The Morgan fingerprint density at radius 3 is 2.35 bits per heavy atom. The van der Waals surface area contributed by atoms with Crippen LogP contribution in [0.3, 0.4) is 0 Å². The van der Waals surface area contributed by atoms with E-state index in [0.29, 0.717) is 11.4 Å². The highest BCUT2D eigenvalue weighted by atomic mass is 32.2. The van der Waals surface area contributed by atoms with Gasteiger partial charge in [-0.25, -0.2) is 23.4 Å². The number of hydrogen-bond donors (Lipinski definition) is 1. The number of aromatic nitrogens is 4. The van der Waals surface area contributed by atoms with Crippen LogP contribution in [0.15, 0.2) is 64.6 Å². The smallest absolute Gasteiger partial charge is 0.261 e. The van der Waals surface area contributed by atoms with Gasteiger partial charge in [-0.1, -0.05) is 30.0 Å². The average molecular weight is 454 g/mol. The van der Waals surface area contributed by atoms with E-state index < -0.39 is 10.0 Å². The molecule has 1 N–H and O–H groups in total. The summed E-state index contributed by atoms with van der Waals surface area (Å²) in [6.07, 6.45) is 0. The van der Waals surface area contributed by atoms with E-state index in [1.165, 1.54) is 0 Å². The van der Waals surface area contributed by atoms with Crippen molar-refractivity contribution >= 4 is 38.5 Å². The number of thioether (sulfide) groups is 1. The standard InChI is InChI=1S/C22H23N5O2S2/c1-4-27-20-11-10-17(26-31(28,29)18-8-6-5-7-9-18)13-19(20)25-21(27)14-30-22-23-15(2)12-16(3)24-22/h5-13,26H,4,14H2,1-3H3. The van der Waals surface area contributed by atoms with Crippen LogP contribution in [0, 0.1) is 13.8 Å². The van der Waals surface area contributed by atoms with Gasteiger partial charge in [0.05, 0.1) is 27.4 Å². The summed E-state index contributed by atoms with van der Waals surface area (Å²) in [7, 11) is -3.65. The van der Waals surface area contributed by atoms with Gasteiger partial charge in [-0.2, -0.15) is 0 Å². The Morgan fingerprint density at radius 1 is 0.968 bits per heavy atom. The number of benzene rings is 2. The molecule has 0 amide bonds.